The highest BCUT2D eigenvalue weighted by Crippen LogP contribution is 2.15. The molecule has 0 atom stereocenters. The van der Waals surface area contributed by atoms with Crippen molar-refractivity contribution in [3.05, 3.63) is 17.0 Å². The van der Waals surface area contributed by atoms with Crippen molar-refractivity contribution in [3.63, 3.8) is 0 Å². The second kappa shape index (κ2) is 6.26. The zero-order valence-corrected chi connectivity index (χ0v) is 11.8. The Morgan fingerprint density at radius 2 is 1.82 bits per heavy atom. The molecule has 0 saturated heterocycles. The van der Waals surface area contributed by atoms with Gasteiger partial charge in [-0.05, 0) is 13.8 Å². The molecule has 0 aliphatic carbocycles. The summed E-state index contributed by atoms with van der Waals surface area (Å²) in [6.45, 7) is 4.72. The maximum atomic E-state index is 12.3. The number of aryl methyl sites for hydroxylation is 2. The molecule has 0 aromatic carbocycles. The van der Waals surface area contributed by atoms with Crippen LogP contribution in [0.25, 0.3) is 0 Å². The van der Waals surface area contributed by atoms with Crippen molar-refractivity contribution in [1.29, 1.82) is 0 Å². The van der Waals surface area contributed by atoms with Gasteiger partial charge in [0.15, 0.2) is 0 Å². The van der Waals surface area contributed by atoms with Gasteiger partial charge in [-0.3, -0.25) is 9.48 Å². The van der Waals surface area contributed by atoms with E-state index >= 15 is 0 Å². The number of aromatic nitrogens is 2. The van der Waals surface area contributed by atoms with Gasteiger partial charge >= 0.3 is 0 Å². The van der Waals surface area contributed by atoms with Gasteiger partial charge in [0.1, 0.15) is 0 Å². The fraction of sp³-hybridized carbons (Fsp3) is 0.636. The number of hydrogen-bond donors (Lipinski definition) is 0. The number of alkyl halides is 2. The summed E-state index contributed by atoms with van der Waals surface area (Å²) in [5.74, 6) is 0.761. The van der Waals surface area contributed by atoms with Gasteiger partial charge in [-0.15, -0.1) is 23.2 Å². The zero-order chi connectivity index (χ0) is 13.0. The topological polar surface area (TPSA) is 38.1 Å². The van der Waals surface area contributed by atoms with Gasteiger partial charge in [-0.2, -0.15) is 5.10 Å². The van der Waals surface area contributed by atoms with Crippen LogP contribution < -0.4 is 0 Å². The van der Waals surface area contributed by atoms with Crippen molar-refractivity contribution in [2.45, 2.75) is 13.8 Å². The second-order valence-electron chi connectivity index (χ2n) is 3.84. The van der Waals surface area contributed by atoms with Crippen LogP contribution in [0.1, 0.15) is 21.7 Å². The molecule has 0 radical (unpaired) electrons. The molecule has 6 heteroatoms. The van der Waals surface area contributed by atoms with Crippen molar-refractivity contribution in [3.8, 4) is 0 Å². The number of carbonyl (C=O) groups is 1. The molecule has 0 aliphatic heterocycles. The second-order valence-corrected chi connectivity index (χ2v) is 4.60. The lowest BCUT2D eigenvalue weighted by atomic mass is 10.1. The summed E-state index contributed by atoms with van der Waals surface area (Å²) in [7, 11) is 1.83. The summed E-state index contributed by atoms with van der Waals surface area (Å²) >= 11 is 11.4. The van der Waals surface area contributed by atoms with E-state index in [1.807, 2.05) is 20.9 Å². The summed E-state index contributed by atoms with van der Waals surface area (Å²) in [6, 6.07) is 0. The lowest BCUT2D eigenvalue weighted by molar-refractivity contribution is 0.0773. The predicted molar refractivity (Wildman–Crippen MR) is 70.0 cm³/mol. The number of amides is 1. The van der Waals surface area contributed by atoms with E-state index in [4.69, 9.17) is 23.2 Å². The monoisotopic (exact) mass is 277 g/mol. The molecule has 1 rings (SSSR count). The number of halogens is 2. The van der Waals surface area contributed by atoms with E-state index in [-0.39, 0.29) is 5.91 Å². The van der Waals surface area contributed by atoms with Crippen LogP contribution in [0.4, 0.5) is 0 Å². The molecular formula is C11H17Cl2N3O. The van der Waals surface area contributed by atoms with E-state index in [9.17, 15) is 4.79 Å². The summed E-state index contributed by atoms with van der Waals surface area (Å²) in [6.07, 6.45) is 0. The molecule has 17 heavy (non-hydrogen) atoms. The van der Waals surface area contributed by atoms with Crippen LogP contribution in [-0.2, 0) is 7.05 Å². The Balaban J connectivity index is 3.00. The molecule has 0 spiro atoms. The molecule has 0 N–H and O–H groups in total. The Bertz CT molecular complexity index is 398. The van der Waals surface area contributed by atoms with Crippen molar-refractivity contribution < 1.29 is 4.79 Å². The maximum absolute atomic E-state index is 12.3. The molecule has 0 bridgehead atoms. The van der Waals surface area contributed by atoms with Gasteiger partial charge in [0.25, 0.3) is 5.91 Å². The Labute approximate surface area is 111 Å². The minimum Gasteiger partial charge on any atom is -0.336 e. The van der Waals surface area contributed by atoms with Crippen LogP contribution in [0.3, 0.4) is 0 Å². The Hall–Kier alpha value is -0.740. The highest BCUT2D eigenvalue weighted by molar-refractivity contribution is 6.18. The van der Waals surface area contributed by atoms with E-state index in [2.05, 4.69) is 5.10 Å². The van der Waals surface area contributed by atoms with Crippen LogP contribution in [-0.4, -0.2) is 45.4 Å². The summed E-state index contributed by atoms with van der Waals surface area (Å²) < 4.78 is 1.71. The third kappa shape index (κ3) is 3.13. The van der Waals surface area contributed by atoms with E-state index < -0.39 is 0 Å². The van der Waals surface area contributed by atoms with E-state index in [0.29, 0.717) is 30.4 Å². The average Bonchev–Trinajstić information content (AvgIpc) is 2.52. The summed E-state index contributed by atoms with van der Waals surface area (Å²) in [4.78, 5) is 14.0. The van der Waals surface area contributed by atoms with Gasteiger partial charge in [0.2, 0.25) is 0 Å². The van der Waals surface area contributed by atoms with Crippen LogP contribution in [0, 0.1) is 13.8 Å². The normalized spacial score (nSPS) is 10.6. The van der Waals surface area contributed by atoms with Crippen molar-refractivity contribution in [2.75, 3.05) is 24.8 Å². The Kier molecular flexibility index (Phi) is 5.28. The van der Waals surface area contributed by atoms with E-state index in [1.54, 1.807) is 9.58 Å². The van der Waals surface area contributed by atoms with Crippen LogP contribution in [0.5, 0.6) is 0 Å². The van der Waals surface area contributed by atoms with Crippen LogP contribution in [0.2, 0.25) is 0 Å². The molecule has 1 amide bonds. The molecule has 0 fully saturated rings. The Morgan fingerprint density at radius 3 is 2.18 bits per heavy atom. The molecule has 4 nitrogen and oxygen atoms in total. The third-order valence-electron chi connectivity index (χ3n) is 2.72. The van der Waals surface area contributed by atoms with Gasteiger partial charge in [0.05, 0.1) is 11.3 Å². The fourth-order valence-corrected chi connectivity index (χ4v) is 2.17. The molecule has 96 valence electrons. The number of carbonyl (C=O) groups excluding carboxylic acids is 1. The van der Waals surface area contributed by atoms with E-state index in [0.717, 1.165) is 11.4 Å². The highest BCUT2D eigenvalue weighted by atomic mass is 35.5. The van der Waals surface area contributed by atoms with Crippen molar-refractivity contribution in [2.24, 2.45) is 7.05 Å². The van der Waals surface area contributed by atoms with Crippen LogP contribution in [0.15, 0.2) is 0 Å². The SMILES string of the molecule is Cc1nn(C)c(C)c1C(=O)N(CCCl)CCCl. The quantitative estimate of drug-likeness (QED) is 0.772. The smallest absolute Gasteiger partial charge is 0.257 e. The first-order chi connectivity index (χ1) is 8.02. The third-order valence-corrected chi connectivity index (χ3v) is 3.06. The first kappa shape index (κ1) is 14.3. The summed E-state index contributed by atoms with van der Waals surface area (Å²) in [5, 5.41) is 4.24. The van der Waals surface area contributed by atoms with Gasteiger partial charge in [0, 0.05) is 37.6 Å². The number of nitrogens with zero attached hydrogens (tertiary/aromatic N) is 3. The van der Waals surface area contributed by atoms with E-state index in [1.165, 1.54) is 0 Å². The first-order valence-electron chi connectivity index (χ1n) is 5.44. The number of hydrogen-bond acceptors (Lipinski definition) is 2. The average molecular weight is 278 g/mol. The van der Waals surface area contributed by atoms with Crippen molar-refractivity contribution in [1.82, 2.24) is 14.7 Å². The Morgan fingerprint density at radius 1 is 1.29 bits per heavy atom. The standard InChI is InChI=1S/C11H17Cl2N3O/c1-8-10(9(2)15(3)14-8)11(17)16(6-4-12)7-5-13/h4-7H2,1-3H3. The molecule has 1 heterocycles. The molecule has 0 aliphatic rings. The maximum Gasteiger partial charge on any atom is 0.257 e. The van der Waals surface area contributed by atoms with Crippen LogP contribution >= 0.6 is 23.2 Å². The first-order valence-corrected chi connectivity index (χ1v) is 6.51. The lowest BCUT2D eigenvalue weighted by Gasteiger charge is -2.20. The molecular weight excluding hydrogens is 261 g/mol. The fourth-order valence-electron chi connectivity index (χ4n) is 1.76. The number of rotatable bonds is 5. The molecule has 1 aromatic heterocycles. The zero-order valence-electron chi connectivity index (χ0n) is 10.3. The van der Waals surface area contributed by atoms with Gasteiger partial charge in [-0.1, -0.05) is 0 Å². The molecule has 0 saturated carbocycles. The van der Waals surface area contributed by atoms with Crippen molar-refractivity contribution >= 4 is 29.1 Å². The largest absolute Gasteiger partial charge is 0.336 e. The molecule has 1 aromatic rings. The lowest BCUT2D eigenvalue weighted by Crippen LogP contribution is -2.35. The minimum atomic E-state index is -0.0469. The molecule has 0 unspecified atom stereocenters. The highest BCUT2D eigenvalue weighted by Gasteiger charge is 2.22. The van der Waals surface area contributed by atoms with Gasteiger partial charge in [-0.25, -0.2) is 0 Å². The predicted octanol–water partition coefficient (Wildman–Crippen LogP) is 1.96. The minimum absolute atomic E-state index is 0.0469. The summed E-state index contributed by atoms with van der Waals surface area (Å²) in [5.41, 5.74) is 2.26. The van der Waals surface area contributed by atoms with Gasteiger partial charge < -0.3 is 4.90 Å².